The van der Waals surface area contributed by atoms with Crippen LogP contribution in [0.5, 0.6) is 5.88 Å². The van der Waals surface area contributed by atoms with Crippen LogP contribution in [0.4, 0.5) is 5.82 Å². The average molecular weight is 266 g/mol. The zero-order valence-corrected chi connectivity index (χ0v) is 12.9. The molecule has 0 saturated carbocycles. The molecule has 0 bridgehead atoms. The molecule has 5 nitrogen and oxygen atoms in total. The Hall–Kier alpha value is -1.36. The summed E-state index contributed by atoms with van der Waals surface area (Å²) in [7, 11) is 4.17. The monoisotopic (exact) mass is 266 g/mol. The van der Waals surface area contributed by atoms with Gasteiger partial charge in [-0.15, -0.1) is 0 Å². The first-order valence-corrected chi connectivity index (χ1v) is 6.69. The third-order valence-corrected chi connectivity index (χ3v) is 2.60. The second-order valence-electron chi connectivity index (χ2n) is 5.83. The van der Waals surface area contributed by atoms with E-state index < -0.39 is 0 Å². The van der Waals surface area contributed by atoms with Gasteiger partial charge >= 0.3 is 0 Å². The number of aryl methyl sites for hydroxylation is 1. The SMILES string of the molecule is CCOc1cc(NCC(C)(C)CN(C)C)nc(C)n1. The number of hydrogen-bond donors (Lipinski definition) is 1. The van der Waals surface area contributed by atoms with Crippen molar-refractivity contribution >= 4 is 5.82 Å². The molecule has 0 aliphatic carbocycles. The first-order chi connectivity index (χ1) is 8.82. The largest absolute Gasteiger partial charge is 0.478 e. The van der Waals surface area contributed by atoms with Crippen molar-refractivity contribution in [2.24, 2.45) is 5.41 Å². The Morgan fingerprint density at radius 1 is 1.32 bits per heavy atom. The molecular formula is C14H26N4O. The number of nitrogens with zero attached hydrogens (tertiary/aromatic N) is 3. The predicted octanol–water partition coefficient (Wildman–Crippen LogP) is 2.18. The summed E-state index contributed by atoms with van der Waals surface area (Å²) in [4.78, 5) is 10.8. The molecule has 0 fully saturated rings. The van der Waals surface area contributed by atoms with Gasteiger partial charge in [0.15, 0.2) is 0 Å². The van der Waals surface area contributed by atoms with Crippen molar-refractivity contribution in [3.8, 4) is 5.88 Å². The first-order valence-electron chi connectivity index (χ1n) is 6.69. The summed E-state index contributed by atoms with van der Waals surface area (Å²) in [5.74, 6) is 2.17. The van der Waals surface area contributed by atoms with E-state index in [0.717, 1.165) is 24.7 Å². The van der Waals surface area contributed by atoms with Crippen molar-refractivity contribution in [3.63, 3.8) is 0 Å². The van der Waals surface area contributed by atoms with Crippen molar-refractivity contribution in [3.05, 3.63) is 11.9 Å². The average Bonchev–Trinajstić information content (AvgIpc) is 2.24. The lowest BCUT2D eigenvalue weighted by atomic mass is 9.93. The molecule has 19 heavy (non-hydrogen) atoms. The van der Waals surface area contributed by atoms with Gasteiger partial charge in [0.1, 0.15) is 11.6 Å². The highest BCUT2D eigenvalue weighted by atomic mass is 16.5. The molecule has 108 valence electrons. The van der Waals surface area contributed by atoms with Crippen molar-refractivity contribution in [1.82, 2.24) is 14.9 Å². The van der Waals surface area contributed by atoms with E-state index in [0.29, 0.717) is 12.5 Å². The summed E-state index contributed by atoms with van der Waals surface area (Å²) in [6.45, 7) is 10.8. The minimum atomic E-state index is 0.175. The van der Waals surface area contributed by atoms with Crippen LogP contribution < -0.4 is 10.1 Å². The molecule has 0 saturated heterocycles. The van der Waals surface area contributed by atoms with Crippen molar-refractivity contribution < 1.29 is 4.74 Å². The van der Waals surface area contributed by atoms with Crippen LogP contribution in [-0.2, 0) is 0 Å². The summed E-state index contributed by atoms with van der Waals surface area (Å²) in [6.07, 6.45) is 0. The van der Waals surface area contributed by atoms with Gasteiger partial charge in [0, 0.05) is 19.2 Å². The maximum atomic E-state index is 5.42. The van der Waals surface area contributed by atoms with E-state index in [4.69, 9.17) is 4.74 Å². The molecule has 0 atom stereocenters. The van der Waals surface area contributed by atoms with E-state index in [9.17, 15) is 0 Å². The molecule has 5 heteroatoms. The Bertz CT molecular complexity index is 404. The van der Waals surface area contributed by atoms with E-state index in [2.05, 4.69) is 48.1 Å². The van der Waals surface area contributed by atoms with Gasteiger partial charge in [0.25, 0.3) is 0 Å². The van der Waals surface area contributed by atoms with Gasteiger partial charge < -0.3 is 15.0 Å². The number of hydrogen-bond acceptors (Lipinski definition) is 5. The standard InChI is InChI=1S/C14H26N4O/c1-7-19-13-8-12(16-11(2)17-13)15-9-14(3,4)10-18(5)6/h8H,7,9-10H2,1-6H3,(H,15,16,17). The minimum Gasteiger partial charge on any atom is -0.478 e. The van der Waals surface area contributed by atoms with Gasteiger partial charge in [-0.3, -0.25) is 0 Å². The van der Waals surface area contributed by atoms with Crippen molar-refractivity contribution in [2.45, 2.75) is 27.7 Å². The van der Waals surface area contributed by atoms with Crippen LogP contribution in [0.2, 0.25) is 0 Å². The number of rotatable bonds is 7. The maximum absolute atomic E-state index is 5.42. The fourth-order valence-electron chi connectivity index (χ4n) is 2.09. The Morgan fingerprint density at radius 3 is 2.58 bits per heavy atom. The van der Waals surface area contributed by atoms with E-state index in [1.165, 1.54) is 0 Å². The summed E-state index contributed by atoms with van der Waals surface area (Å²) in [5, 5.41) is 3.37. The highest BCUT2D eigenvalue weighted by Crippen LogP contribution is 2.19. The Labute approximate surface area is 116 Å². The van der Waals surface area contributed by atoms with Gasteiger partial charge in [-0.1, -0.05) is 13.8 Å². The van der Waals surface area contributed by atoms with E-state index in [-0.39, 0.29) is 5.41 Å². The molecule has 1 aromatic heterocycles. The quantitative estimate of drug-likeness (QED) is 0.820. The van der Waals surface area contributed by atoms with Crippen LogP contribution in [0.15, 0.2) is 6.07 Å². The molecule has 1 rings (SSSR count). The minimum absolute atomic E-state index is 0.175. The molecule has 0 aliphatic rings. The van der Waals surface area contributed by atoms with E-state index in [1.807, 2.05) is 19.9 Å². The molecule has 1 heterocycles. The van der Waals surface area contributed by atoms with Gasteiger partial charge in [-0.05, 0) is 33.4 Å². The molecule has 0 radical (unpaired) electrons. The molecule has 0 aliphatic heterocycles. The molecular weight excluding hydrogens is 240 g/mol. The zero-order valence-electron chi connectivity index (χ0n) is 12.9. The number of aromatic nitrogens is 2. The van der Waals surface area contributed by atoms with Gasteiger partial charge in [0.2, 0.25) is 5.88 Å². The molecule has 0 unspecified atom stereocenters. The van der Waals surface area contributed by atoms with Crippen LogP contribution in [0.3, 0.4) is 0 Å². The summed E-state index contributed by atoms with van der Waals surface area (Å²) in [5.41, 5.74) is 0.175. The summed E-state index contributed by atoms with van der Waals surface area (Å²) in [6, 6.07) is 1.85. The second-order valence-corrected chi connectivity index (χ2v) is 5.83. The third kappa shape index (κ3) is 5.87. The molecule has 1 N–H and O–H groups in total. The number of nitrogens with one attached hydrogen (secondary N) is 1. The van der Waals surface area contributed by atoms with Crippen LogP contribution in [0.1, 0.15) is 26.6 Å². The maximum Gasteiger partial charge on any atom is 0.218 e. The Morgan fingerprint density at radius 2 is 2.00 bits per heavy atom. The highest BCUT2D eigenvalue weighted by Gasteiger charge is 2.19. The van der Waals surface area contributed by atoms with Crippen molar-refractivity contribution in [2.75, 3.05) is 39.1 Å². The lowest BCUT2D eigenvalue weighted by Crippen LogP contribution is -2.34. The second kappa shape index (κ2) is 6.70. The van der Waals surface area contributed by atoms with Gasteiger partial charge in [0.05, 0.1) is 6.61 Å². The van der Waals surface area contributed by atoms with Gasteiger partial charge in [-0.2, -0.15) is 4.98 Å². The molecule has 0 amide bonds. The van der Waals surface area contributed by atoms with Gasteiger partial charge in [-0.25, -0.2) is 4.98 Å². The highest BCUT2D eigenvalue weighted by molar-refractivity contribution is 5.38. The topological polar surface area (TPSA) is 50.3 Å². The zero-order chi connectivity index (χ0) is 14.5. The summed E-state index contributed by atoms with van der Waals surface area (Å²) >= 11 is 0. The Balaban J connectivity index is 2.66. The lowest BCUT2D eigenvalue weighted by Gasteiger charge is -2.28. The molecule has 0 spiro atoms. The smallest absolute Gasteiger partial charge is 0.218 e. The normalized spacial score (nSPS) is 11.7. The Kier molecular flexibility index (Phi) is 5.54. The number of anilines is 1. The number of ether oxygens (including phenoxy) is 1. The van der Waals surface area contributed by atoms with E-state index >= 15 is 0 Å². The van der Waals surface area contributed by atoms with Crippen molar-refractivity contribution in [1.29, 1.82) is 0 Å². The van der Waals surface area contributed by atoms with Crippen LogP contribution in [0.25, 0.3) is 0 Å². The lowest BCUT2D eigenvalue weighted by molar-refractivity contribution is 0.254. The predicted molar refractivity (Wildman–Crippen MR) is 78.8 cm³/mol. The summed E-state index contributed by atoms with van der Waals surface area (Å²) < 4.78 is 5.42. The molecule has 0 aromatic carbocycles. The fraction of sp³-hybridized carbons (Fsp3) is 0.714. The van der Waals surface area contributed by atoms with Crippen LogP contribution >= 0.6 is 0 Å². The first kappa shape index (κ1) is 15.7. The third-order valence-electron chi connectivity index (χ3n) is 2.60. The fourth-order valence-corrected chi connectivity index (χ4v) is 2.09. The van der Waals surface area contributed by atoms with Crippen LogP contribution in [0, 0.1) is 12.3 Å². The van der Waals surface area contributed by atoms with Crippen LogP contribution in [-0.4, -0.2) is 48.7 Å². The molecule has 1 aromatic rings. The van der Waals surface area contributed by atoms with E-state index in [1.54, 1.807) is 0 Å².